The minimum absolute atomic E-state index is 0.0287. The first kappa shape index (κ1) is 10.0. The number of hydrogen-bond donors (Lipinski definition) is 1. The van der Waals surface area contributed by atoms with E-state index < -0.39 is 5.97 Å². The summed E-state index contributed by atoms with van der Waals surface area (Å²) in [6.07, 6.45) is 2.26. The van der Waals surface area contributed by atoms with Crippen molar-refractivity contribution in [3.05, 3.63) is 11.8 Å². The molecule has 0 radical (unpaired) electrons. The van der Waals surface area contributed by atoms with Gasteiger partial charge in [-0.05, 0) is 6.26 Å². The van der Waals surface area contributed by atoms with E-state index in [0.717, 1.165) is 0 Å². The van der Waals surface area contributed by atoms with Gasteiger partial charge in [-0.3, -0.25) is 4.79 Å². The lowest BCUT2D eigenvalue weighted by Gasteiger charge is -1.89. The van der Waals surface area contributed by atoms with Gasteiger partial charge in [0, 0.05) is 6.42 Å². The molecule has 0 aliphatic rings. The van der Waals surface area contributed by atoms with E-state index in [1.807, 2.05) is 6.26 Å². The van der Waals surface area contributed by atoms with Crippen LogP contribution in [0, 0.1) is 0 Å². The van der Waals surface area contributed by atoms with Crippen molar-refractivity contribution in [3.8, 4) is 0 Å². The molecule has 0 aliphatic heterocycles. The van der Waals surface area contributed by atoms with Crippen LogP contribution in [-0.4, -0.2) is 27.5 Å². The number of carboxylic acid groups (broad SMARTS) is 1. The van der Waals surface area contributed by atoms with Crippen LogP contribution in [0.3, 0.4) is 0 Å². The second kappa shape index (κ2) is 4.86. The van der Waals surface area contributed by atoms with Gasteiger partial charge in [-0.2, -0.15) is 11.8 Å². The minimum atomic E-state index is -0.857. The second-order valence-electron chi connectivity index (χ2n) is 2.42. The highest BCUT2D eigenvalue weighted by atomic mass is 32.2. The molecule has 6 heteroatoms. The normalized spacial score (nSPS) is 10.2. The number of hydrogen-bond acceptors (Lipinski definition) is 5. The first-order chi connectivity index (χ1) is 6.22. The molecule has 1 aromatic heterocycles. The third-order valence-corrected chi connectivity index (χ3v) is 1.86. The maximum atomic E-state index is 10.2. The quantitative estimate of drug-likeness (QED) is 0.766. The van der Waals surface area contributed by atoms with Crippen LogP contribution in [0.2, 0.25) is 0 Å². The first-order valence-corrected chi connectivity index (χ1v) is 5.13. The number of rotatable bonds is 5. The molecular weight excluding hydrogens is 192 g/mol. The molecule has 0 fully saturated rings. The first-order valence-electron chi connectivity index (χ1n) is 3.74. The number of carbonyl (C=O) groups is 1. The fourth-order valence-electron chi connectivity index (χ4n) is 0.785. The summed E-state index contributed by atoms with van der Waals surface area (Å²) in [5, 5.41) is 15.9. The molecule has 0 bridgehead atoms. The number of carboxylic acids is 1. The third-order valence-electron chi connectivity index (χ3n) is 1.33. The van der Waals surface area contributed by atoms with Gasteiger partial charge in [0.1, 0.15) is 0 Å². The van der Waals surface area contributed by atoms with Crippen LogP contribution in [0.1, 0.15) is 18.2 Å². The van der Waals surface area contributed by atoms with E-state index in [2.05, 4.69) is 10.2 Å². The summed E-state index contributed by atoms with van der Waals surface area (Å²) in [6, 6.07) is 0. The Morgan fingerprint density at radius 3 is 2.85 bits per heavy atom. The van der Waals surface area contributed by atoms with Gasteiger partial charge in [0.2, 0.25) is 11.8 Å². The summed E-state index contributed by atoms with van der Waals surface area (Å²) in [7, 11) is 0. The Kier molecular flexibility index (Phi) is 3.75. The molecule has 1 aromatic rings. The number of aromatic nitrogens is 2. The van der Waals surface area contributed by atoms with Gasteiger partial charge in [-0.1, -0.05) is 0 Å². The molecule has 0 spiro atoms. The van der Waals surface area contributed by atoms with Crippen LogP contribution in [0.4, 0.5) is 0 Å². The lowest BCUT2D eigenvalue weighted by molar-refractivity contribution is -0.137. The van der Waals surface area contributed by atoms with E-state index in [4.69, 9.17) is 9.52 Å². The smallest absolute Gasteiger partial charge is 0.303 e. The Morgan fingerprint density at radius 1 is 1.54 bits per heavy atom. The number of aryl methyl sites for hydroxylation is 1. The molecule has 0 unspecified atom stereocenters. The SMILES string of the molecule is CSCc1nnc(CCC(=O)O)o1. The van der Waals surface area contributed by atoms with Crippen LogP contribution >= 0.6 is 11.8 Å². The maximum absolute atomic E-state index is 10.2. The Labute approximate surface area is 79.5 Å². The number of thioether (sulfide) groups is 1. The van der Waals surface area contributed by atoms with Crippen molar-refractivity contribution in [1.82, 2.24) is 10.2 Å². The van der Waals surface area contributed by atoms with E-state index in [1.165, 1.54) is 0 Å². The highest BCUT2D eigenvalue weighted by molar-refractivity contribution is 7.97. The van der Waals surface area contributed by atoms with Crippen molar-refractivity contribution in [1.29, 1.82) is 0 Å². The highest BCUT2D eigenvalue weighted by Gasteiger charge is 2.06. The molecule has 0 aromatic carbocycles. The van der Waals surface area contributed by atoms with E-state index >= 15 is 0 Å². The summed E-state index contributed by atoms with van der Waals surface area (Å²) >= 11 is 1.58. The summed E-state index contributed by atoms with van der Waals surface area (Å²) in [6.45, 7) is 0. The van der Waals surface area contributed by atoms with Gasteiger partial charge in [0.15, 0.2) is 0 Å². The van der Waals surface area contributed by atoms with Gasteiger partial charge in [0.25, 0.3) is 0 Å². The molecule has 0 saturated heterocycles. The average Bonchev–Trinajstić information content (AvgIpc) is 2.50. The van der Waals surface area contributed by atoms with Crippen molar-refractivity contribution in [3.63, 3.8) is 0 Å². The van der Waals surface area contributed by atoms with Crippen LogP contribution in [0.15, 0.2) is 4.42 Å². The molecule has 0 aliphatic carbocycles. The molecule has 72 valence electrons. The number of nitrogens with zero attached hydrogens (tertiary/aromatic N) is 2. The van der Waals surface area contributed by atoms with Crippen molar-refractivity contribution < 1.29 is 14.3 Å². The lowest BCUT2D eigenvalue weighted by Crippen LogP contribution is -1.97. The summed E-state index contributed by atoms with van der Waals surface area (Å²) < 4.78 is 5.17. The molecule has 5 nitrogen and oxygen atoms in total. The fourth-order valence-corrected chi connectivity index (χ4v) is 1.15. The molecule has 1 heterocycles. The predicted molar refractivity (Wildman–Crippen MR) is 47.5 cm³/mol. The summed E-state index contributed by atoms with van der Waals surface area (Å²) in [5.41, 5.74) is 0. The monoisotopic (exact) mass is 202 g/mol. The minimum Gasteiger partial charge on any atom is -0.481 e. The predicted octanol–water partition coefficient (Wildman–Crippen LogP) is 0.950. The van der Waals surface area contributed by atoms with Gasteiger partial charge in [-0.15, -0.1) is 10.2 Å². The zero-order valence-electron chi connectivity index (χ0n) is 7.19. The Hall–Kier alpha value is -1.04. The zero-order valence-corrected chi connectivity index (χ0v) is 8.00. The standard InChI is InChI=1S/C7H10N2O3S/c1-13-4-6-9-8-5(12-6)2-3-7(10)11/h2-4H2,1H3,(H,10,11). The largest absolute Gasteiger partial charge is 0.481 e. The maximum Gasteiger partial charge on any atom is 0.303 e. The Bertz CT molecular complexity index is 287. The van der Waals surface area contributed by atoms with Crippen LogP contribution in [-0.2, 0) is 17.0 Å². The van der Waals surface area contributed by atoms with Crippen LogP contribution in [0.5, 0.6) is 0 Å². The Morgan fingerprint density at radius 2 is 2.23 bits per heavy atom. The van der Waals surface area contributed by atoms with Crippen LogP contribution in [0.25, 0.3) is 0 Å². The molecule has 1 N–H and O–H groups in total. The van der Waals surface area contributed by atoms with E-state index in [0.29, 0.717) is 24.0 Å². The van der Waals surface area contributed by atoms with E-state index in [9.17, 15) is 4.79 Å². The van der Waals surface area contributed by atoms with Crippen molar-refractivity contribution in [2.24, 2.45) is 0 Å². The average molecular weight is 202 g/mol. The van der Waals surface area contributed by atoms with Gasteiger partial charge in [0.05, 0.1) is 12.2 Å². The van der Waals surface area contributed by atoms with Crippen molar-refractivity contribution >= 4 is 17.7 Å². The molecular formula is C7H10N2O3S. The number of aliphatic carboxylic acids is 1. The van der Waals surface area contributed by atoms with Gasteiger partial charge >= 0.3 is 5.97 Å². The van der Waals surface area contributed by atoms with E-state index in [-0.39, 0.29) is 6.42 Å². The topological polar surface area (TPSA) is 76.2 Å². The summed E-state index contributed by atoms with van der Waals surface area (Å²) in [4.78, 5) is 10.2. The molecule has 13 heavy (non-hydrogen) atoms. The van der Waals surface area contributed by atoms with Gasteiger partial charge < -0.3 is 9.52 Å². The van der Waals surface area contributed by atoms with Crippen molar-refractivity contribution in [2.45, 2.75) is 18.6 Å². The highest BCUT2D eigenvalue weighted by Crippen LogP contribution is 2.08. The van der Waals surface area contributed by atoms with Gasteiger partial charge in [-0.25, -0.2) is 0 Å². The molecule has 0 atom stereocenters. The second-order valence-corrected chi connectivity index (χ2v) is 3.28. The Balaban J connectivity index is 2.44. The third kappa shape index (κ3) is 3.45. The zero-order chi connectivity index (χ0) is 9.68. The molecule has 1 rings (SSSR count). The lowest BCUT2D eigenvalue weighted by atomic mass is 10.3. The van der Waals surface area contributed by atoms with Crippen LogP contribution < -0.4 is 0 Å². The molecule has 0 saturated carbocycles. The molecule has 0 amide bonds. The van der Waals surface area contributed by atoms with E-state index in [1.54, 1.807) is 11.8 Å². The van der Waals surface area contributed by atoms with Crippen molar-refractivity contribution in [2.75, 3.05) is 6.26 Å². The summed E-state index contributed by atoms with van der Waals surface area (Å²) in [5.74, 6) is 0.754. The fraction of sp³-hybridized carbons (Fsp3) is 0.571.